The molecule has 1 amide bonds. The maximum atomic E-state index is 12.7. The van der Waals surface area contributed by atoms with Crippen LogP contribution < -0.4 is 5.32 Å². The monoisotopic (exact) mass is 394 g/mol. The minimum Gasteiger partial charge on any atom is -0.494 e. The Morgan fingerprint density at radius 1 is 1.03 bits per heavy atom. The number of aliphatic hydroxyl groups excluding tert-OH is 1. The highest BCUT2D eigenvalue weighted by molar-refractivity contribution is 6.00. The Morgan fingerprint density at radius 2 is 1.72 bits per heavy atom. The van der Waals surface area contributed by atoms with E-state index in [4.69, 9.17) is 5.11 Å². The van der Waals surface area contributed by atoms with E-state index < -0.39 is 5.91 Å². The van der Waals surface area contributed by atoms with Crippen LogP contribution in [0.25, 0.3) is 0 Å². The molecule has 8 nitrogen and oxygen atoms in total. The Labute approximate surface area is 167 Å². The predicted molar refractivity (Wildman–Crippen MR) is 109 cm³/mol. The Hall–Kier alpha value is -3.65. The summed E-state index contributed by atoms with van der Waals surface area (Å²) in [5.74, 6) is -1.01. The van der Waals surface area contributed by atoms with Gasteiger partial charge in [-0.05, 0) is 37.1 Å². The number of benzene rings is 2. The van der Waals surface area contributed by atoms with Crippen LogP contribution in [0.2, 0.25) is 0 Å². The number of azo groups is 1. The van der Waals surface area contributed by atoms with Gasteiger partial charge in [0.25, 0.3) is 5.91 Å². The Bertz CT molecular complexity index is 1050. The van der Waals surface area contributed by atoms with E-state index in [0.29, 0.717) is 11.4 Å². The third kappa shape index (κ3) is 4.27. The van der Waals surface area contributed by atoms with Gasteiger partial charge < -0.3 is 20.6 Å². The van der Waals surface area contributed by atoms with Crippen molar-refractivity contribution in [3.63, 3.8) is 0 Å². The van der Waals surface area contributed by atoms with Crippen molar-refractivity contribution >= 4 is 23.0 Å². The van der Waals surface area contributed by atoms with E-state index in [1.54, 1.807) is 24.3 Å². The van der Waals surface area contributed by atoms with Gasteiger partial charge >= 0.3 is 0 Å². The van der Waals surface area contributed by atoms with Crippen LogP contribution >= 0.6 is 0 Å². The number of aromatic nitrogens is 1. The Kier molecular flexibility index (Phi) is 5.94. The van der Waals surface area contributed by atoms with Gasteiger partial charge in [0, 0.05) is 6.07 Å². The maximum absolute atomic E-state index is 12.7. The molecule has 0 aliphatic rings. The molecule has 3 aromatic rings. The molecule has 0 atom stereocenters. The number of rotatable bonds is 6. The molecule has 0 fully saturated rings. The first-order valence-corrected chi connectivity index (χ1v) is 9.03. The zero-order valence-corrected chi connectivity index (χ0v) is 16.1. The number of para-hydroxylation sites is 1. The van der Waals surface area contributed by atoms with Crippen LogP contribution in [-0.4, -0.2) is 32.4 Å². The van der Waals surface area contributed by atoms with Crippen LogP contribution in [-0.2, 0) is 6.54 Å². The minimum absolute atomic E-state index is 0.0317. The molecule has 0 unspecified atom stereocenters. The van der Waals surface area contributed by atoms with Crippen LogP contribution in [0.15, 0.2) is 58.8 Å². The van der Waals surface area contributed by atoms with E-state index >= 15 is 0 Å². The average Bonchev–Trinajstić information content (AvgIpc) is 2.95. The van der Waals surface area contributed by atoms with Gasteiger partial charge in [-0.2, -0.15) is 0 Å². The summed E-state index contributed by atoms with van der Waals surface area (Å²) in [6, 6.07) is 13.7. The minimum atomic E-state index is -0.547. The largest absolute Gasteiger partial charge is 0.494 e. The third-order valence-electron chi connectivity index (χ3n) is 4.48. The second-order valence-corrected chi connectivity index (χ2v) is 6.53. The number of aryl methyl sites for hydroxylation is 2. The third-order valence-corrected chi connectivity index (χ3v) is 4.48. The van der Waals surface area contributed by atoms with Gasteiger partial charge in [-0.15, -0.1) is 10.2 Å². The number of amides is 1. The first-order chi connectivity index (χ1) is 13.9. The van der Waals surface area contributed by atoms with Crippen LogP contribution in [0.3, 0.4) is 0 Å². The highest BCUT2D eigenvalue weighted by atomic mass is 16.3. The molecule has 3 rings (SSSR count). The van der Waals surface area contributed by atoms with Crippen molar-refractivity contribution in [3.05, 3.63) is 65.2 Å². The van der Waals surface area contributed by atoms with E-state index in [-0.39, 0.29) is 36.2 Å². The highest BCUT2D eigenvalue weighted by Gasteiger charge is 2.17. The molecule has 29 heavy (non-hydrogen) atoms. The second kappa shape index (κ2) is 8.57. The molecular formula is C21H22N4O4. The first kappa shape index (κ1) is 20.1. The van der Waals surface area contributed by atoms with E-state index in [0.717, 1.165) is 15.7 Å². The fraction of sp³-hybridized carbons (Fsp3) is 0.190. The van der Waals surface area contributed by atoms with Gasteiger partial charge in [-0.25, -0.2) is 0 Å². The fourth-order valence-corrected chi connectivity index (χ4v) is 2.97. The number of carbonyl (C=O) groups excluding carboxylic acids is 1. The molecule has 1 heterocycles. The zero-order valence-electron chi connectivity index (χ0n) is 16.1. The molecule has 4 N–H and O–H groups in total. The highest BCUT2D eigenvalue weighted by Crippen LogP contribution is 2.35. The Morgan fingerprint density at radius 3 is 2.41 bits per heavy atom. The van der Waals surface area contributed by atoms with Crippen LogP contribution in [0.5, 0.6) is 11.8 Å². The van der Waals surface area contributed by atoms with E-state index in [2.05, 4.69) is 15.5 Å². The Balaban J connectivity index is 1.89. The number of anilines is 2. The van der Waals surface area contributed by atoms with Gasteiger partial charge in [0.2, 0.25) is 5.88 Å². The summed E-state index contributed by atoms with van der Waals surface area (Å²) >= 11 is 0. The summed E-state index contributed by atoms with van der Waals surface area (Å²) in [7, 11) is 0. The summed E-state index contributed by atoms with van der Waals surface area (Å²) in [4.78, 5) is 12.7. The van der Waals surface area contributed by atoms with Gasteiger partial charge in [-0.3, -0.25) is 9.36 Å². The predicted octanol–water partition coefficient (Wildman–Crippen LogP) is 4.18. The zero-order chi connectivity index (χ0) is 21.0. The van der Waals surface area contributed by atoms with E-state index in [1.807, 2.05) is 32.0 Å². The summed E-state index contributed by atoms with van der Waals surface area (Å²) in [6.07, 6.45) is 0. The number of nitrogens with zero attached hydrogens (tertiary/aromatic N) is 3. The smallest absolute Gasteiger partial charge is 0.297 e. The lowest BCUT2D eigenvalue weighted by Gasteiger charge is -2.09. The maximum Gasteiger partial charge on any atom is 0.297 e. The van der Waals surface area contributed by atoms with Gasteiger partial charge in [0.05, 0.1) is 30.1 Å². The molecule has 0 radical (unpaired) electrons. The summed E-state index contributed by atoms with van der Waals surface area (Å²) < 4.78 is 1.15. The summed E-state index contributed by atoms with van der Waals surface area (Å²) in [5.41, 5.74) is 3.33. The van der Waals surface area contributed by atoms with Crippen molar-refractivity contribution in [2.24, 2.45) is 10.2 Å². The van der Waals surface area contributed by atoms with Gasteiger partial charge in [0.1, 0.15) is 5.69 Å². The van der Waals surface area contributed by atoms with Crippen molar-refractivity contribution < 1.29 is 20.1 Å². The molecule has 0 bridgehead atoms. The van der Waals surface area contributed by atoms with Crippen molar-refractivity contribution in [1.82, 2.24) is 4.57 Å². The van der Waals surface area contributed by atoms with Crippen molar-refractivity contribution in [3.8, 4) is 11.8 Å². The molecule has 0 saturated heterocycles. The van der Waals surface area contributed by atoms with Gasteiger partial charge in [-0.1, -0.05) is 30.3 Å². The normalized spacial score (nSPS) is 11.1. The number of hydrogen-bond donors (Lipinski definition) is 4. The lowest BCUT2D eigenvalue weighted by atomic mass is 10.1. The van der Waals surface area contributed by atoms with Crippen molar-refractivity contribution in [2.75, 3.05) is 11.9 Å². The standard InChI is InChI=1S/C21H22N4O4/c1-13-6-5-7-14(2)19(13)23-24-20(28)15-8-3-4-9-16(15)22-17-12-18(27)25(10-11-26)21(17)29/h3-9,12,22,26-27,29H,10-11H2,1-2H3. The number of nitrogens with one attached hydrogen (secondary N) is 1. The molecule has 1 aromatic heterocycles. The van der Waals surface area contributed by atoms with Crippen molar-refractivity contribution in [2.45, 2.75) is 20.4 Å². The average molecular weight is 394 g/mol. The van der Waals surface area contributed by atoms with Crippen molar-refractivity contribution in [1.29, 1.82) is 0 Å². The number of aliphatic hydroxyl groups is 1. The van der Waals surface area contributed by atoms with Crippen LogP contribution in [0, 0.1) is 13.8 Å². The van der Waals surface area contributed by atoms with Gasteiger partial charge in [0.15, 0.2) is 5.88 Å². The topological polar surface area (TPSA) is 119 Å². The van der Waals surface area contributed by atoms with Crippen LogP contribution in [0.1, 0.15) is 21.5 Å². The molecule has 0 aliphatic carbocycles. The number of aromatic hydroxyl groups is 2. The number of carbonyl (C=O) groups is 1. The molecule has 0 saturated carbocycles. The molecular weight excluding hydrogens is 372 g/mol. The lowest BCUT2D eigenvalue weighted by Crippen LogP contribution is -2.02. The molecule has 0 spiro atoms. The first-order valence-electron chi connectivity index (χ1n) is 9.03. The molecule has 150 valence electrons. The number of hydrogen-bond acceptors (Lipinski definition) is 6. The quantitative estimate of drug-likeness (QED) is 0.468. The fourth-order valence-electron chi connectivity index (χ4n) is 2.97. The second-order valence-electron chi connectivity index (χ2n) is 6.53. The SMILES string of the molecule is Cc1cccc(C)c1N=NC(=O)c1ccccc1Nc1cc(O)n(CCO)c1O. The van der Waals surface area contributed by atoms with E-state index in [1.165, 1.54) is 6.07 Å². The van der Waals surface area contributed by atoms with Crippen LogP contribution in [0.4, 0.5) is 17.1 Å². The summed E-state index contributed by atoms with van der Waals surface area (Å²) in [5, 5.41) is 40.1. The van der Waals surface area contributed by atoms with E-state index in [9.17, 15) is 15.0 Å². The molecule has 2 aromatic carbocycles. The summed E-state index contributed by atoms with van der Waals surface area (Å²) in [6.45, 7) is 3.58. The lowest BCUT2D eigenvalue weighted by molar-refractivity contribution is 0.0996. The molecule has 0 aliphatic heterocycles. The molecule has 8 heteroatoms.